The van der Waals surface area contributed by atoms with Crippen LogP contribution in [-0.2, 0) is 11.2 Å². The van der Waals surface area contributed by atoms with E-state index in [1.807, 2.05) is 20.2 Å². The van der Waals surface area contributed by atoms with E-state index < -0.39 is 0 Å². The van der Waals surface area contributed by atoms with Crippen LogP contribution in [0.1, 0.15) is 23.5 Å². The maximum absolute atomic E-state index is 10.8. The Morgan fingerprint density at radius 1 is 1.43 bits per heavy atom. The van der Waals surface area contributed by atoms with Crippen LogP contribution >= 0.6 is 0 Å². The first kappa shape index (κ1) is 9.25. The third kappa shape index (κ3) is 1.31. The van der Waals surface area contributed by atoms with E-state index in [1.54, 1.807) is 0 Å². The highest BCUT2D eigenvalue weighted by Gasteiger charge is 2.24. The molecule has 14 heavy (non-hydrogen) atoms. The quantitative estimate of drug-likeness (QED) is 0.663. The summed E-state index contributed by atoms with van der Waals surface area (Å²) in [7, 11) is 4.09. The Labute approximate surface area is 84.5 Å². The van der Waals surface area contributed by atoms with Gasteiger partial charge >= 0.3 is 0 Å². The van der Waals surface area contributed by atoms with Crippen molar-refractivity contribution in [2.45, 2.75) is 18.8 Å². The fourth-order valence-electron chi connectivity index (χ4n) is 2.23. The predicted octanol–water partition coefficient (Wildman–Crippen LogP) is 1.98. The molecule has 2 nitrogen and oxygen atoms in total. The molecule has 0 spiro atoms. The molecular weight excluding hydrogens is 174 g/mol. The fourth-order valence-corrected chi connectivity index (χ4v) is 2.23. The van der Waals surface area contributed by atoms with Gasteiger partial charge in [-0.05, 0) is 30.0 Å². The normalized spacial score (nSPS) is 19.1. The Balaban J connectivity index is 2.49. The van der Waals surface area contributed by atoms with Gasteiger partial charge in [0.1, 0.15) is 6.29 Å². The molecule has 0 N–H and O–H groups in total. The molecule has 0 saturated carbocycles. The molecule has 1 aliphatic rings. The van der Waals surface area contributed by atoms with Gasteiger partial charge in [0.2, 0.25) is 0 Å². The van der Waals surface area contributed by atoms with Crippen LogP contribution in [0.15, 0.2) is 18.2 Å². The van der Waals surface area contributed by atoms with Crippen molar-refractivity contribution in [3.63, 3.8) is 0 Å². The second kappa shape index (κ2) is 3.45. The van der Waals surface area contributed by atoms with E-state index >= 15 is 0 Å². The van der Waals surface area contributed by atoms with Crippen LogP contribution in [0.5, 0.6) is 0 Å². The average Bonchev–Trinajstić information content (AvgIpc) is 2.59. The molecule has 0 radical (unpaired) electrons. The molecule has 1 aliphatic carbocycles. The van der Waals surface area contributed by atoms with E-state index in [0.717, 1.165) is 19.1 Å². The minimum Gasteiger partial charge on any atom is -0.377 e. The van der Waals surface area contributed by atoms with Crippen molar-refractivity contribution in [3.8, 4) is 0 Å². The van der Waals surface area contributed by atoms with Gasteiger partial charge < -0.3 is 9.69 Å². The van der Waals surface area contributed by atoms with E-state index in [9.17, 15) is 4.79 Å². The first-order valence-electron chi connectivity index (χ1n) is 4.98. The maximum Gasteiger partial charge on any atom is 0.127 e. The van der Waals surface area contributed by atoms with Crippen LogP contribution in [0.2, 0.25) is 0 Å². The third-order valence-electron chi connectivity index (χ3n) is 2.94. The molecule has 0 saturated heterocycles. The van der Waals surface area contributed by atoms with Gasteiger partial charge in [0, 0.05) is 25.7 Å². The van der Waals surface area contributed by atoms with Gasteiger partial charge in [0.15, 0.2) is 0 Å². The third-order valence-corrected chi connectivity index (χ3v) is 2.94. The van der Waals surface area contributed by atoms with Crippen molar-refractivity contribution in [2.24, 2.45) is 0 Å². The summed E-state index contributed by atoms with van der Waals surface area (Å²) in [5.41, 5.74) is 3.84. The van der Waals surface area contributed by atoms with E-state index in [2.05, 4.69) is 17.0 Å². The molecule has 0 bridgehead atoms. The molecular formula is C12H15NO. The lowest BCUT2D eigenvalue weighted by Gasteiger charge is -2.17. The van der Waals surface area contributed by atoms with Gasteiger partial charge in [-0.25, -0.2) is 0 Å². The predicted molar refractivity (Wildman–Crippen MR) is 57.9 cm³/mol. The van der Waals surface area contributed by atoms with Crippen LogP contribution in [0.3, 0.4) is 0 Å². The lowest BCUT2D eigenvalue weighted by Crippen LogP contribution is -2.11. The van der Waals surface area contributed by atoms with E-state index in [0.29, 0.717) is 0 Å². The molecule has 0 fully saturated rings. The van der Waals surface area contributed by atoms with Crippen molar-refractivity contribution in [3.05, 3.63) is 29.3 Å². The summed E-state index contributed by atoms with van der Waals surface area (Å²) in [6.07, 6.45) is 3.09. The molecule has 2 heteroatoms. The van der Waals surface area contributed by atoms with Crippen molar-refractivity contribution < 1.29 is 4.79 Å². The van der Waals surface area contributed by atoms with Crippen LogP contribution in [0.4, 0.5) is 5.69 Å². The number of fused-ring (bicyclic) bond motifs is 1. The van der Waals surface area contributed by atoms with E-state index in [1.165, 1.54) is 16.8 Å². The Morgan fingerprint density at radius 3 is 2.86 bits per heavy atom. The number of carbonyl (C=O) groups is 1. The zero-order valence-corrected chi connectivity index (χ0v) is 8.66. The standard InChI is InChI=1S/C12H15NO/c1-13(2)12-5-3-4-10-9(8-14)6-7-11(10)12/h3-5,8-9H,6-7H2,1-2H3. The molecule has 1 aromatic carbocycles. The topological polar surface area (TPSA) is 20.3 Å². The van der Waals surface area contributed by atoms with Crippen LogP contribution in [0, 0.1) is 0 Å². The number of anilines is 1. The molecule has 0 aromatic heterocycles. The smallest absolute Gasteiger partial charge is 0.127 e. The summed E-state index contributed by atoms with van der Waals surface area (Å²) in [6.45, 7) is 0. The average molecular weight is 189 g/mol. The number of hydrogen-bond donors (Lipinski definition) is 0. The second-order valence-electron chi connectivity index (χ2n) is 4.02. The van der Waals surface area contributed by atoms with Crippen molar-refractivity contribution >= 4 is 12.0 Å². The number of rotatable bonds is 2. The Bertz CT molecular complexity index is 357. The largest absolute Gasteiger partial charge is 0.377 e. The molecule has 74 valence electrons. The first-order valence-corrected chi connectivity index (χ1v) is 4.98. The van der Waals surface area contributed by atoms with Gasteiger partial charge in [0.25, 0.3) is 0 Å². The number of hydrogen-bond acceptors (Lipinski definition) is 2. The Hall–Kier alpha value is -1.31. The zero-order chi connectivity index (χ0) is 10.1. The summed E-state index contributed by atoms with van der Waals surface area (Å²) >= 11 is 0. The van der Waals surface area contributed by atoms with Gasteiger partial charge in [-0.3, -0.25) is 0 Å². The van der Waals surface area contributed by atoms with Gasteiger partial charge in [-0.15, -0.1) is 0 Å². The number of benzene rings is 1. The monoisotopic (exact) mass is 189 g/mol. The van der Waals surface area contributed by atoms with Gasteiger partial charge in [0.05, 0.1) is 0 Å². The summed E-state index contributed by atoms with van der Waals surface area (Å²) in [6, 6.07) is 6.23. The van der Waals surface area contributed by atoms with Crippen molar-refractivity contribution in [2.75, 3.05) is 19.0 Å². The highest BCUT2D eigenvalue weighted by molar-refractivity contribution is 5.69. The number of aldehydes is 1. The van der Waals surface area contributed by atoms with Crippen LogP contribution in [-0.4, -0.2) is 20.4 Å². The van der Waals surface area contributed by atoms with E-state index in [4.69, 9.17) is 0 Å². The Morgan fingerprint density at radius 2 is 2.21 bits per heavy atom. The van der Waals surface area contributed by atoms with Crippen LogP contribution < -0.4 is 4.90 Å². The molecule has 1 aromatic rings. The fraction of sp³-hybridized carbons (Fsp3) is 0.417. The summed E-state index contributed by atoms with van der Waals surface area (Å²) in [5.74, 6) is 0.130. The maximum atomic E-state index is 10.8. The minimum atomic E-state index is 0.130. The van der Waals surface area contributed by atoms with Crippen molar-refractivity contribution in [1.82, 2.24) is 0 Å². The summed E-state index contributed by atoms with van der Waals surface area (Å²) in [5, 5.41) is 0. The molecule has 1 unspecified atom stereocenters. The van der Waals surface area contributed by atoms with E-state index in [-0.39, 0.29) is 5.92 Å². The lowest BCUT2D eigenvalue weighted by atomic mass is 10.0. The van der Waals surface area contributed by atoms with Crippen molar-refractivity contribution in [1.29, 1.82) is 0 Å². The SMILES string of the molecule is CN(C)c1cccc2c1CCC2C=O. The minimum absolute atomic E-state index is 0.130. The van der Waals surface area contributed by atoms with Gasteiger partial charge in [-0.2, -0.15) is 0 Å². The summed E-state index contributed by atoms with van der Waals surface area (Å²) < 4.78 is 0. The molecule has 0 amide bonds. The Kier molecular flexibility index (Phi) is 2.28. The molecule has 1 atom stereocenters. The highest BCUT2D eigenvalue weighted by atomic mass is 16.1. The van der Waals surface area contributed by atoms with Gasteiger partial charge in [-0.1, -0.05) is 12.1 Å². The number of nitrogens with zero attached hydrogens (tertiary/aromatic N) is 1. The zero-order valence-electron chi connectivity index (χ0n) is 8.66. The molecule has 0 heterocycles. The first-order chi connectivity index (χ1) is 6.74. The lowest BCUT2D eigenvalue weighted by molar-refractivity contribution is -0.109. The summed E-state index contributed by atoms with van der Waals surface area (Å²) in [4.78, 5) is 13.0. The molecule has 2 rings (SSSR count). The number of carbonyl (C=O) groups excluding carboxylic acids is 1. The second-order valence-corrected chi connectivity index (χ2v) is 4.02. The highest BCUT2D eigenvalue weighted by Crippen LogP contribution is 2.36. The molecule has 0 aliphatic heterocycles. The van der Waals surface area contributed by atoms with Crippen LogP contribution in [0.25, 0.3) is 0 Å².